The molecule has 0 saturated carbocycles. The second kappa shape index (κ2) is 6.87. The molecule has 2 aliphatic rings. The largest absolute Gasteiger partial charge is 0.376 e. The van der Waals surface area contributed by atoms with Gasteiger partial charge < -0.3 is 20.1 Å². The van der Waals surface area contributed by atoms with Gasteiger partial charge in [-0.05, 0) is 37.8 Å². The fourth-order valence-electron chi connectivity index (χ4n) is 2.60. The standard InChI is InChI=1S/C15H21N3O3/c19-15(13-4-2-8-21-13)18-11-5-6-14(16-9-11)17-10-12-3-1-7-20-12/h5-6,9,12-13H,1-4,7-8,10H2,(H,16,17)(H,18,19). The summed E-state index contributed by atoms with van der Waals surface area (Å²) in [7, 11) is 0. The normalized spacial score (nSPS) is 25.0. The lowest BCUT2D eigenvalue weighted by molar-refractivity contribution is -0.124. The molecule has 114 valence electrons. The van der Waals surface area contributed by atoms with Gasteiger partial charge in [-0.25, -0.2) is 4.98 Å². The summed E-state index contributed by atoms with van der Waals surface area (Å²) in [6.45, 7) is 2.30. The Hall–Kier alpha value is -1.66. The summed E-state index contributed by atoms with van der Waals surface area (Å²) in [5.74, 6) is 0.704. The maximum absolute atomic E-state index is 11.9. The van der Waals surface area contributed by atoms with Gasteiger partial charge in [0, 0.05) is 19.8 Å². The van der Waals surface area contributed by atoms with Gasteiger partial charge in [-0.15, -0.1) is 0 Å². The van der Waals surface area contributed by atoms with Crippen molar-refractivity contribution in [1.82, 2.24) is 4.98 Å². The van der Waals surface area contributed by atoms with Crippen molar-refractivity contribution in [3.63, 3.8) is 0 Å². The van der Waals surface area contributed by atoms with Gasteiger partial charge in [-0.3, -0.25) is 4.79 Å². The Morgan fingerprint density at radius 3 is 2.76 bits per heavy atom. The molecule has 2 N–H and O–H groups in total. The van der Waals surface area contributed by atoms with Crippen molar-refractivity contribution >= 4 is 17.4 Å². The molecule has 0 aromatic carbocycles. The number of carbonyl (C=O) groups excluding carboxylic acids is 1. The molecular formula is C15H21N3O3. The summed E-state index contributed by atoms with van der Waals surface area (Å²) in [6, 6.07) is 3.71. The first kappa shape index (κ1) is 14.3. The van der Waals surface area contributed by atoms with Crippen LogP contribution in [0.25, 0.3) is 0 Å². The topological polar surface area (TPSA) is 72.5 Å². The highest BCUT2D eigenvalue weighted by Gasteiger charge is 2.23. The average molecular weight is 291 g/mol. The van der Waals surface area contributed by atoms with E-state index in [0.29, 0.717) is 12.3 Å². The minimum Gasteiger partial charge on any atom is -0.376 e. The Labute approximate surface area is 124 Å². The van der Waals surface area contributed by atoms with E-state index < -0.39 is 0 Å². The van der Waals surface area contributed by atoms with Gasteiger partial charge in [0.25, 0.3) is 5.91 Å². The third-order valence-electron chi connectivity index (χ3n) is 3.79. The van der Waals surface area contributed by atoms with Crippen molar-refractivity contribution in [2.75, 3.05) is 30.4 Å². The van der Waals surface area contributed by atoms with Crippen LogP contribution in [0, 0.1) is 0 Å². The molecule has 0 aliphatic carbocycles. The summed E-state index contributed by atoms with van der Waals surface area (Å²) >= 11 is 0. The Balaban J connectivity index is 1.47. The molecule has 2 unspecified atom stereocenters. The van der Waals surface area contributed by atoms with Gasteiger partial charge in [0.2, 0.25) is 0 Å². The highest BCUT2D eigenvalue weighted by atomic mass is 16.5. The van der Waals surface area contributed by atoms with E-state index in [1.807, 2.05) is 12.1 Å². The SMILES string of the molecule is O=C(Nc1ccc(NCC2CCCO2)nc1)C1CCCO1. The Morgan fingerprint density at radius 1 is 1.24 bits per heavy atom. The molecule has 1 amide bonds. The summed E-state index contributed by atoms with van der Waals surface area (Å²) in [6.07, 6.45) is 5.59. The lowest BCUT2D eigenvalue weighted by atomic mass is 10.2. The molecule has 2 aliphatic heterocycles. The second-order valence-corrected chi connectivity index (χ2v) is 5.44. The van der Waals surface area contributed by atoms with Gasteiger partial charge in [0.15, 0.2) is 0 Å². The fraction of sp³-hybridized carbons (Fsp3) is 0.600. The van der Waals surface area contributed by atoms with Crippen molar-refractivity contribution in [3.8, 4) is 0 Å². The number of aromatic nitrogens is 1. The third kappa shape index (κ3) is 3.92. The van der Waals surface area contributed by atoms with E-state index in [1.54, 1.807) is 6.20 Å². The van der Waals surface area contributed by atoms with Crippen molar-refractivity contribution in [1.29, 1.82) is 0 Å². The second-order valence-electron chi connectivity index (χ2n) is 5.44. The molecule has 21 heavy (non-hydrogen) atoms. The van der Waals surface area contributed by atoms with Crippen LogP contribution in [0.1, 0.15) is 25.7 Å². The van der Waals surface area contributed by atoms with Crippen molar-refractivity contribution < 1.29 is 14.3 Å². The maximum Gasteiger partial charge on any atom is 0.253 e. The van der Waals surface area contributed by atoms with E-state index in [9.17, 15) is 4.79 Å². The van der Waals surface area contributed by atoms with Crippen molar-refractivity contribution in [2.45, 2.75) is 37.9 Å². The predicted molar refractivity (Wildman–Crippen MR) is 79.3 cm³/mol. The molecule has 3 rings (SSSR count). The molecule has 2 atom stereocenters. The molecule has 3 heterocycles. The molecule has 2 saturated heterocycles. The number of hydrogen-bond donors (Lipinski definition) is 2. The van der Waals surface area contributed by atoms with Crippen LogP contribution in [0.15, 0.2) is 18.3 Å². The van der Waals surface area contributed by atoms with E-state index in [2.05, 4.69) is 15.6 Å². The lowest BCUT2D eigenvalue weighted by Gasteiger charge is -2.12. The van der Waals surface area contributed by atoms with Gasteiger partial charge >= 0.3 is 0 Å². The predicted octanol–water partition coefficient (Wildman–Crippen LogP) is 1.79. The molecule has 0 bridgehead atoms. The average Bonchev–Trinajstić information content (AvgIpc) is 3.20. The summed E-state index contributed by atoms with van der Waals surface area (Å²) in [4.78, 5) is 16.2. The highest BCUT2D eigenvalue weighted by molar-refractivity contribution is 5.94. The van der Waals surface area contributed by atoms with Crippen LogP contribution in [-0.2, 0) is 14.3 Å². The summed E-state index contributed by atoms with van der Waals surface area (Å²) in [5, 5.41) is 6.08. The smallest absolute Gasteiger partial charge is 0.253 e. The van der Waals surface area contributed by atoms with E-state index in [4.69, 9.17) is 9.47 Å². The van der Waals surface area contributed by atoms with Crippen molar-refractivity contribution in [2.24, 2.45) is 0 Å². The monoisotopic (exact) mass is 291 g/mol. The van der Waals surface area contributed by atoms with E-state index in [0.717, 1.165) is 44.7 Å². The molecule has 6 heteroatoms. The first-order valence-electron chi connectivity index (χ1n) is 7.55. The highest BCUT2D eigenvalue weighted by Crippen LogP contribution is 2.16. The minimum atomic E-state index is -0.317. The van der Waals surface area contributed by atoms with Gasteiger partial charge in [0.1, 0.15) is 11.9 Å². The Bertz CT molecular complexity index is 466. The molecular weight excluding hydrogens is 270 g/mol. The zero-order valence-corrected chi connectivity index (χ0v) is 12.0. The zero-order chi connectivity index (χ0) is 14.5. The van der Waals surface area contributed by atoms with E-state index in [-0.39, 0.29) is 18.1 Å². The number of pyridine rings is 1. The molecule has 2 fully saturated rings. The fourth-order valence-corrected chi connectivity index (χ4v) is 2.60. The van der Waals surface area contributed by atoms with Crippen LogP contribution < -0.4 is 10.6 Å². The number of rotatable bonds is 5. The van der Waals surface area contributed by atoms with Gasteiger partial charge in [0.05, 0.1) is 18.0 Å². The van der Waals surface area contributed by atoms with Crippen LogP contribution in [0.2, 0.25) is 0 Å². The minimum absolute atomic E-state index is 0.0886. The number of amides is 1. The van der Waals surface area contributed by atoms with E-state index >= 15 is 0 Å². The molecule has 6 nitrogen and oxygen atoms in total. The molecule has 1 aromatic rings. The number of hydrogen-bond acceptors (Lipinski definition) is 5. The van der Waals surface area contributed by atoms with Crippen LogP contribution in [-0.4, -0.2) is 42.9 Å². The first-order chi connectivity index (χ1) is 10.3. The number of carbonyl (C=O) groups is 1. The third-order valence-corrected chi connectivity index (χ3v) is 3.79. The maximum atomic E-state index is 11.9. The number of nitrogens with one attached hydrogen (secondary N) is 2. The van der Waals surface area contributed by atoms with Crippen LogP contribution in [0.3, 0.4) is 0 Å². The molecule has 1 aromatic heterocycles. The zero-order valence-electron chi connectivity index (χ0n) is 12.0. The first-order valence-corrected chi connectivity index (χ1v) is 7.55. The number of anilines is 2. The quantitative estimate of drug-likeness (QED) is 0.865. The number of nitrogens with zero attached hydrogens (tertiary/aromatic N) is 1. The molecule has 0 radical (unpaired) electrons. The summed E-state index contributed by atoms with van der Waals surface area (Å²) in [5.41, 5.74) is 0.693. The van der Waals surface area contributed by atoms with E-state index in [1.165, 1.54) is 0 Å². The van der Waals surface area contributed by atoms with Crippen LogP contribution in [0.4, 0.5) is 11.5 Å². The van der Waals surface area contributed by atoms with Gasteiger partial charge in [-0.1, -0.05) is 0 Å². The molecule has 0 spiro atoms. The Morgan fingerprint density at radius 2 is 2.10 bits per heavy atom. The van der Waals surface area contributed by atoms with Crippen molar-refractivity contribution in [3.05, 3.63) is 18.3 Å². The lowest BCUT2D eigenvalue weighted by Crippen LogP contribution is -2.26. The summed E-state index contributed by atoms with van der Waals surface area (Å²) < 4.78 is 10.9. The van der Waals surface area contributed by atoms with Gasteiger partial charge in [-0.2, -0.15) is 0 Å². The van der Waals surface area contributed by atoms with Crippen LogP contribution >= 0.6 is 0 Å². The van der Waals surface area contributed by atoms with Crippen LogP contribution in [0.5, 0.6) is 0 Å². The number of ether oxygens (including phenoxy) is 2. The Kier molecular flexibility index (Phi) is 4.67.